The van der Waals surface area contributed by atoms with E-state index in [9.17, 15) is 9.50 Å². The van der Waals surface area contributed by atoms with Gasteiger partial charge in [-0.1, -0.05) is 24.3 Å². The average molecular weight is 428 g/mol. The molecule has 0 unspecified atom stereocenters. The maximum Gasteiger partial charge on any atom is 0.146 e. The number of aliphatic hydroxyl groups is 1. The van der Waals surface area contributed by atoms with Gasteiger partial charge in [-0.3, -0.25) is 4.90 Å². The summed E-state index contributed by atoms with van der Waals surface area (Å²) in [5.41, 5.74) is 2.29. The first-order valence-electron chi connectivity index (χ1n) is 10.2. The summed E-state index contributed by atoms with van der Waals surface area (Å²) in [4.78, 5) is 8.60. The predicted octanol–water partition coefficient (Wildman–Crippen LogP) is 4.08. The summed E-state index contributed by atoms with van der Waals surface area (Å²) in [5, 5.41) is 13.2. The van der Waals surface area contributed by atoms with Crippen LogP contribution in [-0.2, 0) is 6.54 Å². The van der Waals surface area contributed by atoms with Gasteiger partial charge in [-0.15, -0.1) is 11.3 Å². The second kappa shape index (κ2) is 9.55. The minimum absolute atomic E-state index is 0.303. The van der Waals surface area contributed by atoms with Crippen molar-refractivity contribution in [2.24, 2.45) is 0 Å². The molecule has 0 amide bonds. The van der Waals surface area contributed by atoms with Gasteiger partial charge in [-0.25, -0.2) is 9.37 Å². The van der Waals surface area contributed by atoms with Crippen molar-refractivity contribution < 1.29 is 14.2 Å². The zero-order chi connectivity index (χ0) is 20.9. The van der Waals surface area contributed by atoms with Gasteiger partial charge in [-0.05, 0) is 30.7 Å². The molecule has 1 atom stereocenters. The zero-order valence-corrected chi connectivity index (χ0v) is 17.8. The highest BCUT2D eigenvalue weighted by Gasteiger charge is 2.26. The number of nitrogens with zero attached hydrogens (tertiary/aromatic N) is 3. The normalized spacial score (nSPS) is 15.9. The predicted molar refractivity (Wildman–Crippen MR) is 118 cm³/mol. The second-order valence-electron chi connectivity index (χ2n) is 7.29. The number of anilines is 1. The molecule has 158 valence electrons. The van der Waals surface area contributed by atoms with Crippen molar-refractivity contribution in [1.29, 1.82) is 0 Å². The number of halogens is 1. The SMILES string of the molecule is CCOc1ccc(CN2CCN(c3c(F)cccc3[C@H](O)c3nccs3)CC2)cc1. The van der Waals surface area contributed by atoms with Gasteiger partial charge in [0.25, 0.3) is 0 Å². The Morgan fingerprint density at radius 2 is 1.90 bits per heavy atom. The number of hydrogen-bond acceptors (Lipinski definition) is 6. The van der Waals surface area contributed by atoms with E-state index in [1.165, 1.54) is 23.0 Å². The Hall–Kier alpha value is -2.48. The van der Waals surface area contributed by atoms with Crippen LogP contribution in [-0.4, -0.2) is 47.8 Å². The average Bonchev–Trinajstić information content (AvgIpc) is 3.30. The highest BCUT2D eigenvalue weighted by Crippen LogP contribution is 2.34. The van der Waals surface area contributed by atoms with E-state index in [0.29, 0.717) is 36.0 Å². The van der Waals surface area contributed by atoms with Gasteiger partial charge in [0.15, 0.2) is 0 Å². The topological polar surface area (TPSA) is 48.8 Å². The van der Waals surface area contributed by atoms with E-state index in [-0.39, 0.29) is 5.82 Å². The number of ether oxygens (including phenoxy) is 1. The van der Waals surface area contributed by atoms with Crippen LogP contribution < -0.4 is 9.64 Å². The molecule has 30 heavy (non-hydrogen) atoms. The quantitative estimate of drug-likeness (QED) is 0.616. The number of thiazole rings is 1. The van der Waals surface area contributed by atoms with Crippen LogP contribution in [0.1, 0.15) is 29.2 Å². The standard InChI is InChI=1S/C23H26FN3O2S/c1-2-29-18-8-6-17(7-9-18)16-26-11-13-27(14-12-26)21-19(4-3-5-20(21)24)22(28)23-25-10-15-30-23/h3-10,15,22,28H,2,11-14,16H2,1H3/t22-/m0/s1. The fraction of sp³-hybridized carbons (Fsp3) is 0.348. The molecule has 1 fully saturated rings. The maximum absolute atomic E-state index is 14.8. The molecule has 2 aromatic carbocycles. The van der Waals surface area contributed by atoms with Crippen molar-refractivity contribution in [3.63, 3.8) is 0 Å². The van der Waals surface area contributed by atoms with Gasteiger partial charge in [0.1, 0.15) is 22.7 Å². The number of aromatic nitrogens is 1. The molecule has 0 saturated carbocycles. The molecule has 3 aromatic rings. The van der Waals surface area contributed by atoms with Crippen LogP contribution in [0, 0.1) is 5.82 Å². The Balaban J connectivity index is 1.43. The zero-order valence-electron chi connectivity index (χ0n) is 17.0. The molecule has 1 aliphatic heterocycles. The van der Waals surface area contributed by atoms with Crippen molar-refractivity contribution in [2.45, 2.75) is 19.6 Å². The Morgan fingerprint density at radius 1 is 1.13 bits per heavy atom. The minimum Gasteiger partial charge on any atom is -0.494 e. The lowest BCUT2D eigenvalue weighted by atomic mass is 10.0. The summed E-state index contributed by atoms with van der Waals surface area (Å²) in [6.45, 7) is 6.56. The third kappa shape index (κ3) is 4.64. The molecule has 0 spiro atoms. The lowest BCUT2D eigenvalue weighted by molar-refractivity contribution is 0.218. The summed E-state index contributed by atoms with van der Waals surface area (Å²) in [6.07, 6.45) is 0.736. The Kier molecular flexibility index (Phi) is 6.62. The van der Waals surface area contributed by atoms with Crippen molar-refractivity contribution in [3.8, 4) is 5.75 Å². The van der Waals surface area contributed by atoms with E-state index in [0.717, 1.165) is 25.4 Å². The van der Waals surface area contributed by atoms with Crippen LogP contribution in [0.15, 0.2) is 54.0 Å². The summed E-state index contributed by atoms with van der Waals surface area (Å²) in [7, 11) is 0. The van der Waals surface area contributed by atoms with Gasteiger partial charge >= 0.3 is 0 Å². The summed E-state index contributed by atoms with van der Waals surface area (Å²) < 4.78 is 20.3. The Morgan fingerprint density at radius 3 is 2.57 bits per heavy atom. The van der Waals surface area contributed by atoms with Crippen LogP contribution in [0.2, 0.25) is 0 Å². The lowest BCUT2D eigenvalue weighted by Crippen LogP contribution is -2.46. The number of benzene rings is 2. The molecule has 2 heterocycles. The number of piperazine rings is 1. The molecule has 1 N–H and O–H groups in total. The van der Waals surface area contributed by atoms with Gasteiger partial charge < -0.3 is 14.7 Å². The van der Waals surface area contributed by atoms with Crippen molar-refractivity contribution in [2.75, 3.05) is 37.7 Å². The van der Waals surface area contributed by atoms with Crippen LogP contribution >= 0.6 is 11.3 Å². The third-order valence-corrected chi connectivity index (χ3v) is 6.15. The van der Waals surface area contributed by atoms with Gasteiger partial charge in [-0.2, -0.15) is 0 Å². The van der Waals surface area contributed by atoms with Crippen LogP contribution in [0.3, 0.4) is 0 Å². The van der Waals surface area contributed by atoms with Gasteiger partial charge in [0.05, 0.1) is 12.3 Å². The minimum atomic E-state index is -0.919. The summed E-state index contributed by atoms with van der Waals surface area (Å²) in [6, 6.07) is 13.1. The first-order chi connectivity index (χ1) is 14.7. The van der Waals surface area contributed by atoms with Gasteiger partial charge in [0.2, 0.25) is 0 Å². The van der Waals surface area contributed by atoms with Gasteiger partial charge in [0, 0.05) is 49.9 Å². The fourth-order valence-electron chi connectivity index (χ4n) is 3.83. The van der Waals surface area contributed by atoms with Crippen LogP contribution in [0.5, 0.6) is 5.75 Å². The number of hydrogen-bond donors (Lipinski definition) is 1. The number of aliphatic hydroxyl groups excluding tert-OH is 1. The van der Waals surface area contributed by atoms with Crippen molar-refractivity contribution in [3.05, 3.63) is 76.0 Å². The summed E-state index contributed by atoms with van der Waals surface area (Å²) >= 11 is 1.37. The molecule has 7 heteroatoms. The lowest BCUT2D eigenvalue weighted by Gasteiger charge is -2.37. The highest BCUT2D eigenvalue weighted by atomic mass is 32.1. The third-order valence-electron chi connectivity index (χ3n) is 5.33. The van der Waals surface area contributed by atoms with E-state index >= 15 is 0 Å². The fourth-order valence-corrected chi connectivity index (χ4v) is 4.47. The number of rotatable bonds is 7. The monoisotopic (exact) mass is 427 g/mol. The molecule has 5 nitrogen and oxygen atoms in total. The Bertz CT molecular complexity index is 942. The van der Waals surface area contributed by atoms with E-state index in [4.69, 9.17) is 4.74 Å². The molecular weight excluding hydrogens is 401 g/mol. The number of para-hydroxylation sites is 1. The smallest absolute Gasteiger partial charge is 0.146 e. The van der Waals surface area contributed by atoms with E-state index < -0.39 is 6.10 Å². The highest BCUT2D eigenvalue weighted by molar-refractivity contribution is 7.09. The van der Waals surface area contributed by atoms with Crippen LogP contribution in [0.25, 0.3) is 0 Å². The van der Waals surface area contributed by atoms with E-state index in [1.54, 1.807) is 18.3 Å². The molecule has 0 bridgehead atoms. The first kappa shape index (κ1) is 20.8. The molecule has 1 saturated heterocycles. The molecule has 0 aliphatic carbocycles. The Labute approximate surface area is 180 Å². The van der Waals surface area contributed by atoms with E-state index in [2.05, 4.69) is 22.0 Å². The van der Waals surface area contributed by atoms with Crippen molar-refractivity contribution >= 4 is 17.0 Å². The molecule has 0 radical (unpaired) electrons. The maximum atomic E-state index is 14.8. The second-order valence-corrected chi connectivity index (χ2v) is 8.22. The first-order valence-corrected chi connectivity index (χ1v) is 11.1. The van der Waals surface area contributed by atoms with Crippen molar-refractivity contribution in [1.82, 2.24) is 9.88 Å². The molecule has 1 aliphatic rings. The van der Waals surface area contributed by atoms with Crippen LogP contribution in [0.4, 0.5) is 10.1 Å². The molecule has 1 aromatic heterocycles. The summed E-state index contributed by atoms with van der Waals surface area (Å²) in [5.74, 6) is 0.583. The molecular formula is C23H26FN3O2S. The van der Waals surface area contributed by atoms with E-state index in [1.807, 2.05) is 29.3 Å². The largest absolute Gasteiger partial charge is 0.494 e. The molecule has 4 rings (SSSR count).